The second kappa shape index (κ2) is 5.05. The highest BCUT2D eigenvalue weighted by atomic mass is 15.2. The average Bonchev–Trinajstić information content (AvgIpc) is 2.82. The third kappa shape index (κ3) is 2.52. The zero-order valence-electron chi connectivity index (χ0n) is 12.6. The minimum Gasteiger partial charge on any atom is -0.362 e. The van der Waals surface area contributed by atoms with Crippen LogP contribution in [0.2, 0.25) is 0 Å². The SMILES string of the molecule is Cc1cnc(Nc2ccc3ncn(C)c3c2)nc1N(C)C. The standard InChI is InChI=1S/C15H18N6/c1-10-8-16-15(19-14(10)20(2)3)18-11-5-6-12-13(7-11)21(4)9-17-12/h5-9H,1-4H3,(H,16,18,19). The van der Waals surface area contributed by atoms with Crippen molar-refractivity contribution in [2.45, 2.75) is 6.92 Å². The molecule has 2 aromatic heterocycles. The molecule has 0 saturated heterocycles. The topological polar surface area (TPSA) is 58.9 Å². The second-order valence-corrected chi connectivity index (χ2v) is 5.28. The fourth-order valence-corrected chi connectivity index (χ4v) is 2.28. The highest BCUT2D eigenvalue weighted by Gasteiger charge is 2.07. The van der Waals surface area contributed by atoms with Crippen LogP contribution in [0.1, 0.15) is 5.56 Å². The van der Waals surface area contributed by atoms with Gasteiger partial charge in [0.15, 0.2) is 0 Å². The van der Waals surface area contributed by atoms with Gasteiger partial charge in [0.25, 0.3) is 0 Å². The summed E-state index contributed by atoms with van der Waals surface area (Å²) in [7, 11) is 5.92. The lowest BCUT2D eigenvalue weighted by Crippen LogP contribution is -2.13. The van der Waals surface area contributed by atoms with Crippen molar-refractivity contribution >= 4 is 28.5 Å². The van der Waals surface area contributed by atoms with Crippen molar-refractivity contribution in [2.24, 2.45) is 7.05 Å². The van der Waals surface area contributed by atoms with E-state index in [0.717, 1.165) is 28.1 Å². The normalized spacial score (nSPS) is 10.9. The van der Waals surface area contributed by atoms with E-state index >= 15 is 0 Å². The van der Waals surface area contributed by atoms with E-state index in [9.17, 15) is 0 Å². The molecule has 108 valence electrons. The van der Waals surface area contributed by atoms with Gasteiger partial charge in [-0.05, 0) is 25.1 Å². The maximum absolute atomic E-state index is 4.54. The lowest BCUT2D eigenvalue weighted by atomic mass is 10.2. The zero-order chi connectivity index (χ0) is 15.0. The Hall–Kier alpha value is -2.63. The molecule has 0 atom stereocenters. The summed E-state index contributed by atoms with van der Waals surface area (Å²) in [5, 5.41) is 3.25. The number of benzene rings is 1. The largest absolute Gasteiger partial charge is 0.362 e. The van der Waals surface area contributed by atoms with Gasteiger partial charge in [0, 0.05) is 38.6 Å². The molecule has 6 heteroatoms. The Morgan fingerprint density at radius 2 is 2.00 bits per heavy atom. The molecule has 0 saturated carbocycles. The quantitative estimate of drug-likeness (QED) is 0.799. The zero-order valence-corrected chi connectivity index (χ0v) is 12.6. The van der Waals surface area contributed by atoms with Crippen molar-refractivity contribution in [3.8, 4) is 0 Å². The molecule has 2 heterocycles. The van der Waals surface area contributed by atoms with E-state index in [1.54, 1.807) is 6.33 Å². The number of rotatable bonds is 3. The first kappa shape index (κ1) is 13.4. The predicted molar refractivity (Wildman–Crippen MR) is 85.1 cm³/mol. The first-order chi connectivity index (χ1) is 10.0. The molecule has 0 fully saturated rings. The van der Waals surface area contributed by atoms with Crippen LogP contribution in [0.3, 0.4) is 0 Å². The second-order valence-electron chi connectivity index (χ2n) is 5.28. The summed E-state index contributed by atoms with van der Waals surface area (Å²) in [6, 6.07) is 6.01. The Morgan fingerprint density at radius 1 is 1.19 bits per heavy atom. The van der Waals surface area contributed by atoms with Crippen molar-refractivity contribution in [2.75, 3.05) is 24.3 Å². The number of aryl methyl sites for hydroxylation is 2. The molecular weight excluding hydrogens is 264 g/mol. The van der Waals surface area contributed by atoms with Crippen LogP contribution >= 0.6 is 0 Å². The number of nitrogens with one attached hydrogen (secondary N) is 1. The van der Waals surface area contributed by atoms with Crippen molar-refractivity contribution in [3.63, 3.8) is 0 Å². The summed E-state index contributed by atoms with van der Waals surface area (Å²) in [4.78, 5) is 15.2. The van der Waals surface area contributed by atoms with E-state index in [1.165, 1.54) is 0 Å². The van der Waals surface area contributed by atoms with Gasteiger partial charge in [-0.3, -0.25) is 0 Å². The summed E-state index contributed by atoms with van der Waals surface area (Å²) in [5.74, 6) is 1.50. The third-order valence-electron chi connectivity index (χ3n) is 3.35. The summed E-state index contributed by atoms with van der Waals surface area (Å²) in [5.41, 5.74) is 4.04. The maximum atomic E-state index is 4.54. The summed E-state index contributed by atoms with van der Waals surface area (Å²) in [6.45, 7) is 2.00. The Kier molecular flexibility index (Phi) is 3.21. The van der Waals surface area contributed by atoms with Gasteiger partial charge >= 0.3 is 0 Å². The fourth-order valence-electron chi connectivity index (χ4n) is 2.28. The fraction of sp³-hybridized carbons (Fsp3) is 0.267. The molecule has 0 aliphatic carbocycles. The van der Waals surface area contributed by atoms with Crippen molar-refractivity contribution < 1.29 is 0 Å². The van der Waals surface area contributed by atoms with Gasteiger partial charge in [-0.1, -0.05) is 0 Å². The van der Waals surface area contributed by atoms with E-state index in [-0.39, 0.29) is 0 Å². The highest BCUT2D eigenvalue weighted by Crippen LogP contribution is 2.21. The maximum Gasteiger partial charge on any atom is 0.229 e. The number of hydrogen-bond acceptors (Lipinski definition) is 5. The Bertz CT molecular complexity index is 790. The van der Waals surface area contributed by atoms with Gasteiger partial charge in [-0.25, -0.2) is 9.97 Å². The Morgan fingerprint density at radius 3 is 2.76 bits per heavy atom. The number of hydrogen-bond donors (Lipinski definition) is 1. The first-order valence-electron chi connectivity index (χ1n) is 6.73. The van der Waals surface area contributed by atoms with Gasteiger partial charge in [0.2, 0.25) is 5.95 Å². The van der Waals surface area contributed by atoms with Crippen LogP contribution in [0.5, 0.6) is 0 Å². The van der Waals surface area contributed by atoms with Crippen LogP contribution in [-0.2, 0) is 7.05 Å². The van der Waals surface area contributed by atoms with Crippen LogP contribution in [0.4, 0.5) is 17.5 Å². The van der Waals surface area contributed by atoms with Crippen LogP contribution in [0, 0.1) is 6.92 Å². The summed E-state index contributed by atoms with van der Waals surface area (Å²) < 4.78 is 1.99. The minimum atomic E-state index is 0.589. The van der Waals surface area contributed by atoms with E-state index in [4.69, 9.17) is 0 Å². The van der Waals surface area contributed by atoms with Gasteiger partial charge in [0.05, 0.1) is 17.4 Å². The molecule has 1 aromatic carbocycles. The van der Waals surface area contributed by atoms with Gasteiger partial charge in [-0.2, -0.15) is 4.98 Å². The molecule has 0 aliphatic heterocycles. The lowest BCUT2D eigenvalue weighted by molar-refractivity contribution is 0.947. The molecule has 0 unspecified atom stereocenters. The first-order valence-corrected chi connectivity index (χ1v) is 6.73. The van der Waals surface area contributed by atoms with Crippen LogP contribution in [0.25, 0.3) is 11.0 Å². The number of aromatic nitrogens is 4. The highest BCUT2D eigenvalue weighted by molar-refractivity contribution is 5.80. The average molecular weight is 282 g/mol. The molecule has 0 aliphatic rings. The molecule has 1 N–H and O–H groups in total. The van der Waals surface area contributed by atoms with Crippen molar-refractivity contribution in [3.05, 3.63) is 36.3 Å². The van der Waals surface area contributed by atoms with Crippen LogP contribution in [0.15, 0.2) is 30.7 Å². The van der Waals surface area contributed by atoms with Gasteiger partial charge < -0.3 is 14.8 Å². The van der Waals surface area contributed by atoms with E-state index in [2.05, 4.69) is 20.3 Å². The van der Waals surface area contributed by atoms with Crippen molar-refractivity contribution in [1.29, 1.82) is 0 Å². The van der Waals surface area contributed by atoms with Gasteiger partial charge in [-0.15, -0.1) is 0 Å². The molecule has 6 nitrogen and oxygen atoms in total. The molecule has 3 aromatic rings. The number of anilines is 3. The molecule has 0 radical (unpaired) electrons. The summed E-state index contributed by atoms with van der Waals surface area (Å²) >= 11 is 0. The molecule has 0 bridgehead atoms. The Balaban J connectivity index is 1.94. The Labute approximate surface area is 123 Å². The third-order valence-corrected chi connectivity index (χ3v) is 3.35. The van der Waals surface area contributed by atoms with Crippen molar-refractivity contribution in [1.82, 2.24) is 19.5 Å². The van der Waals surface area contributed by atoms with Crippen LogP contribution < -0.4 is 10.2 Å². The smallest absolute Gasteiger partial charge is 0.229 e. The molecule has 0 spiro atoms. The molecular formula is C15H18N6. The predicted octanol–water partition coefficient (Wildman–Crippen LogP) is 2.48. The summed E-state index contributed by atoms with van der Waals surface area (Å²) in [6.07, 6.45) is 3.63. The minimum absolute atomic E-state index is 0.589. The van der Waals surface area contributed by atoms with E-state index < -0.39 is 0 Å². The number of imidazole rings is 1. The lowest BCUT2D eigenvalue weighted by Gasteiger charge is -2.15. The van der Waals surface area contributed by atoms with Crippen LogP contribution in [-0.4, -0.2) is 33.6 Å². The monoisotopic (exact) mass is 282 g/mol. The molecule has 3 rings (SSSR count). The molecule has 0 amide bonds. The van der Waals surface area contributed by atoms with E-state index in [0.29, 0.717) is 5.95 Å². The number of nitrogens with zero attached hydrogens (tertiary/aromatic N) is 5. The number of fused-ring (bicyclic) bond motifs is 1. The van der Waals surface area contributed by atoms with E-state index in [1.807, 2.05) is 61.9 Å². The van der Waals surface area contributed by atoms with Gasteiger partial charge in [0.1, 0.15) is 5.82 Å². The molecule has 21 heavy (non-hydrogen) atoms.